The molecule has 1 aromatic heterocycles. The Hall–Kier alpha value is -2.58. The number of hydrogen-bond donors (Lipinski definition) is 0. The highest BCUT2D eigenvalue weighted by molar-refractivity contribution is 6.30. The molecule has 24 heavy (non-hydrogen) atoms. The summed E-state index contributed by atoms with van der Waals surface area (Å²) in [7, 11) is 0. The summed E-state index contributed by atoms with van der Waals surface area (Å²) in [5, 5.41) is 0.758. The minimum absolute atomic E-state index is 0.758. The Kier molecular flexibility index (Phi) is 4.06. The number of pyridine rings is 1. The number of aromatic nitrogens is 1. The van der Waals surface area contributed by atoms with E-state index in [2.05, 4.69) is 58.5 Å². The largest absolute Gasteiger partial charge is 0.367 e. The number of hydrogen-bond acceptors (Lipinski definition) is 2. The molecular formula is C21H17ClN2. The maximum Gasteiger partial charge on any atom is 0.0600 e. The molecule has 4 rings (SSSR count). The minimum Gasteiger partial charge on any atom is -0.367 e. The fourth-order valence-electron chi connectivity index (χ4n) is 3.10. The van der Waals surface area contributed by atoms with Crippen LogP contribution in [0.2, 0.25) is 5.02 Å². The van der Waals surface area contributed by atoms with Crippen LogP contribution in [-0.2, 0) is 13.1 Å². The Morgan fingerprint density at radius 2 is 1.71 bits per heavy atom. The summed E-state index contributed by atoms with van der Waals surface area (Å²) in [5.74, 6) is 0. The Labute approximate surface area is 147 Å². The molecule has 0 saturated heterocycles. The molecule has 0 saturated carbocycles. The van der Waals surface area contributed by atoms with E-state index in [0.717, 1.165) is 23.8 Å². The maximum atomic E-state index is 6.05. The first-order valence-electron chi connectivity index (χ1n) is 7.99. The Bertz CT molecular complexity index is 870. The highest BCUT2D eigenvalue weighted by Crippen LogP contribution is 2.32. The van der Waals surface area contributed by atoms with Crippen molar-refractivity contribution in [2.24, 2.45) is 0 Å². The van der Waals surface area contributed by atoms with Crippen LogP contribution in [0.4, 0.5) is 0 Å². The molecule has 2 aromatic carbocycles. The second-order valence-corrected chi connectivity index (χ2v) is 6.37. The molecule has 0 aliphatic carbocycles. The molecule has 0 radical (unpaired) electrons. The molecule has 0 atom stereocenters. The van der Waals surface area contributed by atoms with Gasteiger partial charge in [-0.3, -0.25) is 4.98 Å². The molecular weight excluding hydrogens is 316 g/mol. The van der Waals surface area contributed by atoms with Crippen molar-refractivity contribution in [3.8, 4) is 0 Å². The van der Waals surface area contributed by atoms with Crippen LogP contribution in [0.15, 0.2) is 79.1 Å². The highest BCUT2D eigenvalue weighted by Gasteiger charge is 2.18. The third kappa shape index (κ3) is 3.06. The summed E-state index contributed by atoms with van der Waals surface area (Å²) in [6, 6.07) is 22.7. The lowest BCUT2D eigenvalue weighted by molar-refractivity contribution is 0.353. The zero-order valence-corrected chi connectivity index (χ0v) is 13.9. The number of fused-ring (bicyclic) bond motifs is 1. The van der Waals surface area contributed by atoms with E-state index in [9.17, 15) is 0 Å². The number of rotatable bonds is 3. The van der Waals surface area contributed by atoms with Gasteiger partial charge in [0, 0.05) is 29.5 Å². The van der Waals surface area contributed by atoms with E-state index in [0.29, 0.717) is 0 Å². The molecule has 2 heterocycles. The fraction of sp³-hybridized carbons (Fsp3) is 0.0952. The molecule has 3 heteroatoms. The quantitative estimate of drug-likeness (QED) is 0.660. The number of nitrogens with zero attached hydrogens (tertiary/aromatic N) is 2. The Morgan fingerprint density at radius 1 is 0.917 bits per heavy atom. The lowest BCUT2D eigenvalue weighted by Gasteiger charge is -2.29. The highest BCUT2D eigenvalue weighted by atomic mass is 35.5. The third-order valence-electron chi connectivity index (χ3n) is 4.24. The molecule has 3 aromatic rings. The summed E-state index contributed by atoms with van der Waals surface area (Å²) < 4.78 is 0. The lowest BCUT2D eigenvalue weighted by Crippen LogP contribution is -2.22. The summed E-state index contributed by atoms with van der Waals surface area (Å²) in [5.41, 5.74) is 6.10. The van der Waals surface area contributed by atoms with Gasteiger partial charge in [0.25, 0.3) is 0 Å². The first-order valence-corrected chi connectivity index (χ1v) is 8.37. The maximum absolute atomic E-state index is 6.05. The second-order valence-electron chi connectivity index (χ2n) is 5.93. The van der Waals surface area contributed by atoms with Crippen molar-refractivity contribution < 1.29 is 0 Å². The molecule has 1 aliphatic rings. The predicted octanol–water partition coefficient (Wildman–Crippen LogP) is 5.14. The zero-order chi connectivity index (χ0) is 16.4. The third-order valence-corrected chi connectivity index (χ3v) is 4.49. The topological polar surface area (TPSA) is 16.1 Å². The van der Waals surface area contributed by atoms with Crippen LogP contribution < -0.4 is 0 Å². The van der Waals surface area contributed by atoms with Gasteiger partial charge in [-0.05, 0) is 41.0 Å². The van der Waals surface area contributed by atoms with Gasteiger partial charge >= 0.3 is 0 Å². The van der Waals surface area contributed by atoms with Crippen LogP contribution in [0.1, 0.15) is 22.4 Å². The molecule has 0 amide bonds. The van der Waals surface area contributed by atoms with Gasteiger partial charge in [0.05, 0.1) is 12.2 Å². The van der Waals surface area contributed by atoms with Gasteiger partial charge in [-0.2, -0.15) is 0 Å². The normalized spacial score (nSPS) is 13.4. The van der Waals surface area contributed by atoms with E-state index < -0.39 is 0 Å². The van der Waals surface area contributed by atoms with Crippen LogP contribution >= 0.6 is 11.6 Å². The second kappa shape index (κ2) is 6.50. The first kappa shape index (κ1) is 15.0. The van der Waals surface area contributed by atoms with Gasteiger partial charge in [-0.1, -0.05) is 54.1 Å². The molecule has 0 spiro atoms. The summed E-state index contributed by atoms with van der Waals surface area (Å²) in [4.78, 5) is 6.76. The van der Waals surface area contributed by atoms with Crippen LogP contribution in [0.25, 0.3) is 5.57 Å². The predicted molar refractivity (Wildman–Crippen MR) is 98.5 cm³/mol. The van der Waals surface area contributed by atoms with Crippen molar-refractivity contribution in [3.05, 3.63) is 107 Å². The van der Waals surface area contributed by atoms with Crippen LogP contribution in [0.5, 0.6) is 0 Å². The van der Waals surface area contributed by atoms with Crippen molar-refractivity contribution in [2.75, 3.05) is 0 Å². The summed E-state index contributed by atoms with van der Waals surface area (Å²) in [6.45, 7) is 1.69. The zero-order valence-electron chi connectivity index (χ0n) is 13.2. The van der Waals surface area contributed by atoms with E-state index in [1.165, 1.54) is 22.3 Å². The Morgan fingerprint density at radius 3 is 2.50 bits per heavy atom. The van der Waals surface area contributed by atoms with Crippen LogP contribution in [0, 0.1) is 0 Å². The van der Waals surface area contributed by atoms with Gasteiger partial charge in [0.1, 0.15) is 0 Å². The average molecular weight is 333 g/mol. The molecule has 0 fully saturated rings. The van der Waals surface area contributed by atoms with Gasteiger partial charge in [-0.25, -0.2) is 0 Å². The molecule has 0 bridgehead atoms. The first-order chi connectivity index (χ1) is 11.8. The van der Waals surface area contributed by atoms with Gasteiger partial charge in [0.15, 0.2) is 0 Å². The van der Waals surface area contributed by atoms with E-state index in [4.69, 9.17) is 11.6 Å². The minimum atomic E-state index is 0.758. The van der Waals surface area contributed by atoms with Crippen molar-refractivity contribution in [3.63, 3.8) is 0 Å². The Balaban J connectivity index is 1.73. The van der Waals surface area contributed by atoms with Crippen LogP contribution in [0.3, 0.4) is 0 Å². The average Bonchev–Trinajstić information content (AvgIpc) is 2.63. The van der Waals surface area contributed by atoms with E-state index in [-0.39, 0.29) is 0 Å². The van der Waals surface area contributed by atoms with Crippen molar-refractivity contribution in [2.45, 2.75) is 13.1 Å². The van der Waals surface area contributed by atoms with E-state index in [1.807, 2.05) is 30.5 Å². The van der Waals surface area contributed by atoms with Gasteiger partial charge < -0.3 is 4.90 Å². The lowest BCUT2D eigenvalue weighted by atomic mass is 9.92. The molecule has 0 N–H and O–H groups in total. The van der Waals surface area contributed by atoms with Gasteiger partial charge in [0.2, 0.25) is 0 Å². The smallest absolute Gasteiger partial charge is 0.0600 e. The molecule has 2 nitrogen and oxygen atoms in total. The summed E-state index contributed by atoms with van der Waals surface area (Å²) >= 11 is 6.05. The van der Waals surface area contributed by atoms with Gasteiger partial charge in [-0.15, -0.1) is 0 Å². The van der Waals surface area contributed by atoms with E-state index >= 15 is 0 Å². The molecule has 0 unspecified atom stereocenters. The number of benzene rings is 2. The van der Waals surface area contributed by atoms with Crippen LogP contribution in [-0.4, -0.2) is 9.88 Å². The summed E-state index contributed by atoms with van der Waals surface area (Å²) in [6.07, 6.45) is 4.08. The number of halogens is 1. The van der Waals surface area contributed by atoms with Crippen molar-refractivity contribution in [1.29, 1.82) is 0 Å². The molecule has 118 valence electrons. The van der Waals surface area contributed by atoms with Crippen molar-refractivity contribution in [1.82, 2.24) is 9.88 Å². The van der Waals surface area contributed by atoms with E-state index in [1.54, 1.807) is 0 Å². The SMILES string of the molecule is Clc1ccc(C2=CN(Cc3ccccn3)Cc3ccccc32)cc1. The fourth-order valence-corrected chi connectivity index (χ4v) is 3.22. The van der Waals surface area contributed by atoms with Crippen molar-refractivity contribution >= 4 is 17.2 Å². The molecule has 1 aliphatic heterocycles. The standard InChI is InChI=1S/C21H17ClN2/c22-18-10-8-16(9-11-18)21-15-24(14-19-6-3-4-12-23-19)13-17-5-1-2-7-20(17)21/h1-12,15H,13-14H2. The monoisotopic (exact) mass is 332 g/mol.